The van der Waals surface area contributed by atoms with Gasteiger partial charge in [0.05, 0.1) is 28.3 Å². The number of aliphatic hydroxyl groups is 1. The Bertz CT molecular complexity index is 1330. The predicted molar refractivity (Wildman–Crippen MR) is 123 cm³/mol. The number of nitro benzene ring substituents is 1. The molecule has 4 N–H and O–H groups in total. The Hall–Kier alpha value is -3.74. The summed E-state index contributed by atoms with van der Waals surface area (Å²) in [6, 6.07) is 9.16. The van der Waals surface area contributed by atoms with Crippen molar-refractivity contribution in [1.82, 2.24) is 4.98 Å². The standard InChI is InChI=1S/C20H18ClN5O6S/c1-12-20(28)17(13(11-27)9-22-12)10-23-24-18-7-6-16(8-19(18)26(29)30)33(31,32)25-15-4-2-14(21)3-5-15/h2-10,24-25,27-28H,11H2,1H3/b23-10+. The number of nitro groups is 1. The third kappa shape index (κ3) is 5.55. The average Bonchev–Trinajstić information content (AvgIpc) is 2.78. The molecule has 3 rings (SSSR count). The third-order valence-electron chi connectivity index (χ3n) is 4.48. The number of halogens is 1. The topological polar surface area (TPSA) is 167 Å². The van der Waals surface area contributed by atoms with Crippen LogP contribution in [0, 0.1) is 17.0 Å². The summed E-state index contributed by atoms with van der Waals surface area (Å²) in [5, 5.41) is 35.4. The molecule has 0 spiro atoms. The number of benzene rings is 2. The lowest BCUT2D eigenvalue weighted by Gasteiger charge is -2.10. The van der Waals surface area contributed by atoms with E-state index in [1.165, 1.54) is 48.8 Å². The van der Waals surface area contributed by atoms with Crippen LogP contribution in [-0.4, -0.2) is 34.8 Å². The minimum Gasteiger partial charge on any atom is -0.505 e. The molecule has 1 aromatic heterocycles. The molecular weight excluding hydrogens is 474 g/mol. The Balaban J connectivity index is 1.88. The summed E-state index contributed by atoms with van der Waals surface area (Å²) in [6.07, 6.45) is 2.54. The fourth-order valence-corrected chi connectivity index (χ4v) is 3.95. The first-order valence-electron chi connectivity index (χ1n) is 9.26. The maximum atomic E-state index is 12.6. The number of hydrogen-bond donors (Lipinski definition) is 4. The van der Waals surface area contributed by atoms with Gasteiger partial charge in [-0.25, -0.2) is 8.42 Å². The van der Waals surface area contributed by atoms with Gasteiger partial charge in [0.25, 0.3) is 15.7 Å². The summed E-state index contributed by atoms with van der Waals surface area (Å²) in [5.74, 6) is -0.198. The van der Waals surface area contributed by atoms with Crippen molar-refractivity contribution in [3.05, 3.63) is 80.6 Å². The Kier molecular flexibility index (Phi) is 7.11. The highest BCUT2D eigenvalue weighted by molar-refractivity contribution is 7.92. The Morgan fingerprint density at radius 3 is 2.58 bits per heavy atom. The lowest BCUT2D eigenvalue weighted by atomic mass is 10.1. The number of aromatic hydroxyl groups is 1. The lowest BCUT2D eigenvalue weighted by Crippen LogP contribution is -2.13. The first-order chi connectivity index (χ1) is 15.6. The molecule has 13 heteroatoms. The van der Waals surface area contributed by atoms with E-state index in [1.54, 1.807) is 6.92 Å². The van der Waals surface area contributed by atoms with E-state index in [2.05, 4.69) is 20.2 Å². The first kappa shape index (κ1) is 23.9. The van der Waals surface area contributed by atoms with Gasteiger partial charge in [0.2, 0.25) is 0 Å². The Labute approximate surface area is 193 Å². The van der Waals surface area contributed by atoms with Crippen LogP contribution in [0.1, 0.15) is 16.8 Å². The number of aliphatic hydroxyl groups excluding tert-OH is 1. The number of nitrogens with one attached hydrogen (secondary N) is 2. The fourth-order valence-electron chi connectivity index (χ4n) is 2.75. The van der Waals surface area contributed by atoms with E-state index in [-0.39, 0.29) is 27.6 Å². The second-order valence-electron chi connectivity index (χ2n) is 6.71. The molecule has 0 saturated carbocycles. The van der Waals surface area contributed by atoms with Crippen molar-refractivity contribution < 1.29 is 23.6 Å². The maximum Gasteiger partial charge on any atom is 0.295 e. The summed E-state index contributed by atoms with van der Waals surface area (Å²) in [6.45, 7) is 1.15. The van der Waals surface area contributed by atoms with Crippen molar-refractivity contribution in [3.8, 4) is 5.75 Å². The Morgan fingerprint density at radius 1 is 1.24 bits per heavy atom. The van der Waals surface area contributed by atoms with E-state index in [0.29, 0.717) is 16.3 Å². The zero-order valence-corrected chi connectivity index (χ0v) is 18.6. The summed E-state index contributed by atoms with van der Waals surface area (Å²) in [7, 11) is -4.11. The number of hydrogen-bond acceptors (Lipinski definition) is 9. The van der Waals surface area contributed by atoms with Gasteiger partial charge in [0, 0.05) is 34.1 Å². The van der Waals surface area contributed by atoms with Gasteiger partial charge in [-0.15, -0.1) is 0 Å². The van der Waals surface area contributed by atoms with Crippen LogP contribution in [0.5, 0.6) is 5.75 Å². The molecule has 1 heterocycles. The van der Waals surface area contributed by atoms with Gasteiger partial charge in [-0.2, -0.15) is 5.10 Å². The van der Waals surface area contributed by atoms with E-state index >= 15 is 0 Å². The van der Waals surface area contributed by atoms with E-state index < -0.39 is 27.2 Å². The second-order valence-corrected chi connectivity index (χ2v) is 8.83. The summed E-state index contributed by atoms with van der Waals surface area (Å²) < 4.78 is 27.6. The second kappa shape index (κ2) is 9.81. The zero-order valence-electron chi connectivity index (χ0n) is 17.1. The van der Waals surface area contributed by atoms with Crippen LogP contribution < -0.4 is 10.1 Å². The molecule has 172 valence electrons. The molecule has 0 aliphatic heterocycles. The SMILES string of the molecule is Cc1ncc(CO)c(/C=N/Nc2ccc(S(=O)(=O)Nc3ccc(Cl)cc3)cc2[N+](=O)[O-])c1O. The molecule has 0 atom stereocenters. The highest BCUT2D eigenvalue weighted by Crippen LogP contribution is 2.29. The molecule has 33 heavy (non-hydrogen) atoms. The number of rotatable bonds is 8. The minimum atomic E-state index is -4.11. The number of hydrazone groups is 1. The smallest absolute Gasteiger partial charge is 0.295 e. The quantitative estimate of drug-likeness (QED) is 0.211. The summed E-state index contributed by atoms with van der Waals surface area (Å²) in [4.78, 5) is 14.4. The van der Waals surface area contributed by atoms with Crippen molar-refractivity contribution in [2.24, 2.45) is 5.10 Å². The van der Waals surface area contributed by atoms with E-state index in [0.717, 1.165) is 6.07 Å². The highest BCUT2D eigenvalue weighted by atomic mass is 35.5. The molecule has 0 radical (unpaired) electrons. The van der Waals surface area contributed by atoms with Crippen molar-refractivity contribution in [2.45, 2.75) is 18.4 Å². The van der Waals surface area contributed by atoms with Crippen LogP contribution in [0.4, 0.5) is 17.1 Å². The van der Waals surface area contributed by atoms with Crippen molar-refractivity contribution in [2.75, 3.05) is 10.1 Å². The molecule has 0 saturated heterocycles. The highest BCUT2D eigenvalue weighted by Gasteiger charge is 2.22. The van der Waals surface area contributed by atoms with Crippen LogP contribution in [0.3, 0.4) is 0 Å². The fraction of sp³-hybridized carbons (Fsp3) is 0.100. The third-order valence-corrected chi connectivity index (χ3v) is 6.11. The summed E-state index contributed by atoms with van der Waals surface area (Å²) >= 11 is 5.79. The van der Waals surface area contributed by atoms with Crippen LogP contribution >= 0.6 is 11.6 Å². The van der Waals surface area contributed by atoms with Gasteiger partial charge in [-0.05, 0) is 43.3 Å². The minimum absolute atomic E-state index is 0.0856. The van der Waals surface area contributed by atoms with Crippen LogP contribution in [-0.2, 0) is 16.6 Å². The van der Waals surface area contributed by atoms with Crippen molar-refractivity contribution in [1.29, 1.82) is 0 Å². The van der Waals surface area contributed by atoms with Crippen molar-refractivity contribution >= 4 is 44.9 Å². The van der Waals surface area contributed by atoms with Gasteiger partial charge in [-0.1, -0.05) is 11.6 Å². The van der Waals surface area contributed by atoms with Gasteiger partial charge >= 0.3 is 0 Å². The number of aromatic nitrogens is 1. The molecule has 0 unspecified atom stereocenters. The summed E-state index contributed by atoms with van der Waals surface area (Å²) in [5.41, 5.74) is 2.87. The molecular formula is C20H18ClN5O6S. The molecule has 0 bridgehead atoms. The molecule has 0 aliphatic rings. The predicted octanol–water partition coefficient (Wildman–Crippen LogP) is 3.40. The molecule has 11 nitrogen and oxygen atoms in total. The molecule has 3 aromatic rings. The molecule has 0 fully saturated rings. The zero-order chi connectivity index (χ0) is 24.2. The maximum absolute atomic E-state index is 12.6. The van der Waals surface area contributed by atoms with Gasteiger partial charge < -0.3 is 10.2 Å². The number of sulfonamides is 1. The van der Waals surface area contributed by atoms with E-state index in [9.17, 15) is 28.7 Å². The van der Waals surface area contributed by atoms with E-state index in [4.69, 9.17) is 11.6 Å². The number of aryl methyl sites for hydroxylation is 1. The average molecular weight is 492 g/mol. The number of anilines is 2. The lowest BCUT2D eigenvalue weighted by molar-refractivity contribution is -0.384. The van der Waals surface area contributed by atoms with Crippen LogP contribution in [0.25, 0.3) is 0 Å². The van der Waals surface area contributed by atoms with Gasteiger partial charge in [0.1, 0.15) is 11.4 Å². The molecule has 0 aliphatic carbocycles. The van der Waals surface area contributed by atoms with E-state index in [1.807, 2.05) is 0 Å². The molecule has 2 aromatic carbocycles. The van der Waals surface area contributed by atoms with Gasteiger partial charge in [-0.3, -0.25) is 25.2 Å². The number of pyridine rings is 1. The van der Waals surface area contributed by atoms with Crippen LogP contribution in [0.2, 0.25) is 5.02 Å². The largest absolute Gasteiger partial charge is 0.505 e. The van der Waals surface area contributed by atoms with Gasteiger partial charge in [0.15, 0.2) is 0 Å². The normalized spacial score (nSPS) is 11.5. The molecule has 0 amide bonds. The first-order valence-corrected chi connectivity index (χ1v) is 11.1. The monoisotopic (exact) mass is 491 g/mol. The Morgan fingerprint density at radius 2 is 1.94 bits per heavy atom. The van der Waals surface area contributed by atoms with Crippen LogP contribution in [0.15, 0.2) is 58.7 Å². The van der Waals surface area contributed by atoms with Crippen molar-refractivity contribution in [3.63, 3.8) is 0 Å². The number of nitrogens with zero attached hydrogens (tertiary/aromatic N) is 3.